The van der Waals surface area contributed by atoms with Crippen LogP contribution in [0.15, 0.2) is 41.7 Å². The molecule has 5 nitrogen and oxygen atoms in total. The van der Waals surface area contributed by atoms with Crippen molar-refractivity contribution in [1.29, 1.82) is 0 Å². The van der Waals surface area contributed by atoms with Crippen LogP contribution in [0.2, 0.25) is 0 Å². The number of hydrogen-bond donors (Lipinski definition) is 2. The molecule has 0 saturated heterocycles. The van der Waals surface area contributed by atoms with Gasteiger partial charge in [0, 0.05) is 17.3 Å². The Bertz CT molecular complexity index is 598. The van der Waals surface area contributed by atoms with Crippen molar-refractivity contribution in [2.45, 2.75) is 20.1 Å². The van der Waals surface area contributed by atoms with Crippen molar-refractivity contribution < 1.29 is 15.1 Å². The summed E-state index contributed by atoms with van der Waals surface area (Å²) in [6, 6.07) is 9.64. The molecule has 0 amide bonds. The molecular weight excluding hydrogens is 256 g/mol. The van der Waals surface area contributed by atoms with Crippen LogP contribution in [0.5, 0.6) is 5.75 Å². The topological polar surface area (TPSA) is 74.9 Å². The molecule has 0 aliphatic carbocycles. The molecule has 2 N–H and O–H groups in total. The van der Waals surface area contributed by atoms with Crippen LogP contribution in [0.25, 0.3) is 0 Å². The van der Waals surface area contributed by atoms with Gasteiger partial charge in [-0.2, -0.15) is 0 Å². The van der Waals surface area contributed by atoms with Gasteiger partial charge in [0.1, 0.15) is 12.4 Å². The van der Waals surface area contributed by atoms with Gasteiger partial charge in [-0.1, -0.05) is 35.5 Å². The second kappa shape index (κ2) is 6.68. The monoisotopic (exact) mass is 272 g/mol. The summed E-state index contributed by atoms with van der Waals surface area (Å²) < 4.78 is 0. The number of benzene rings is 1. The molecule has 1 heterocycles. The van der Waals surface area contributed by atoms with Crippen molar-refractivity contribution in [3.63, 3.8) is 0 Å². The van der Waals surface area contributed by atoms with Crippen LogP contribution >= 0.6 is 0 Å². The molecule has 0 saturated carbocycles. The Kier molecular flexibility index (Phi) is 4.68. The van der Waals surface area contributed by atoms with E-state index in [-0.39, 0.29) is 12.4 Å². The maximum absolute atomic E-state index is 9.91. The predicted molar refractivity (Wildman–Crippen MR) is 75.4 cm³/mol. The highest BCUT2D eigenvalue weighted by atomic mass is 16.6. The van der Waals surface area contributed by atoms with Gasteiger partial charge in [-0.3, -0.25) is 4.98 Å². The molecule has 1 aromatic carbocycles. The molecule has 20 heavy (non-hydrogen) atoms. The Morgan fingerprint density at radius 3 is 2.75 bits per heavy atom. The van der Waals surface area contributed by atoms with Gasteiger partial charge >= 0.3 is 0 Å². The number of aliphatic hydroxyl groups is 1. The van der Waals surface area contributed by atoms with E-state index in [0.29, 0.717) is 23.4 Å². The van der Waals surface area contributed by atoms with E-state index in [1.54, 1.807) is 6.92 Å². The van der Waals surface area contributed by atoms with Gasteiger partial charge in [0.05, 0.1) is 18.5 Å². The Morgan fingerprint density at radius 1 is 1.30 bits per heavy atom. The minimum Gasteiger partial charge on any atom is -0.505 e. The van der Waals surface area contributed by atoms with Crippen molar-refractivity contribution >= 4 is 6.21 Å². The van der Waals surface area contributed by atoms with Gasteiger partial charge in [0.2, 0.25) is 0 Å². The number of aryl methyl sites for hydroxylation is 1. The highest BCUT2D eigenvalue weighted by Crippen LogP contribution is 2.21. The summed E-state index contributed by atoms with van der Waals surface area (Å²) in [4.78, 5) is 9.15. The first kappa shape index (κ1) is 14.0. The molecule has 0 atom stereocenters. The molecular formula is C15H16N2O3. The van der Waals surface area contributed by atoms with E-state index in [0.717, 1.165) is 5.56 Å². The maximum Gasteiger partial charge on any atom is 0.146 e. The lowest BCUT2D eigenvalue weighted by atomic mass is 10.1. The van der Waals surface area contributed by atoms with Crippen LogP contribution in [-0.2, 0) is 18.1 Å². The summed E-state index contributed by atoms with van der Waals surface area (Å²) in [5.41, 5.74) is 2.40. The molecule has 104 valence electrons. The molecule has 2 rings (SSSR count). The van der Waals surface area contributed by atoms with Crippen LogP contribution in [0.1, 0.15) is 22.4 Å². The zero-order valence-corrected chi connectivity index (χ0v) is 11.2. The number of nitrogens with zero attached hydrogens (tertiary/aromatic N) is 2. The van der Waals surface area contributed by atoms with Crippen LogP contribution in [-0.4, -0.2) is 21.4 Å². The quantitative estimate of drug-likeness (QED) is 0.646. The number of aromatic nitrogens is 1. The molecule has 0 unspecified atom stereocenters. The fourth-order valence-electron chi connectivity index (χ4n) is 1.70. The zero-order chi connectivity index (χ0) is 14.4. The van der Waals surface area contributed by atoms with Gasteiger partial charge < -0.3 is 15.1 Å². The lowest BCUT2D eigenvalue weighted by molar-refractivity contribution is 0.132. The van der Waals surface area contributed by atoms with Crippen LogP contribution in [0.4, 0.5) is 0 Å². The summed E-state index contributed by atoms with van der Waals surface area (Å²) >= 11 is 0. The van der Waals surface area contributed by atoms with Gasteiger partial charge in [0.25, 0.3) is 0 Å². The summed E-state index contributed by atoms with van der Waals surface area (Å²) in [7, 11) is 0. The largest absolute Gasteiger partial charge is 0.505 e. The third-order valence-corrected chi connectivity index (χ3v) is 2.86. The number of aliphatic hydroxyl groups excluding tert-OH is 1. The highest BCUT2D eigenvalue weighted by molar-refractivity contribution is 5.85. The number of oxime groups is 1. The fourth-order valence-corrected chi connectivity index (χ4v) is 1.70. The van der Waals surface area contributed by atoms with E-state index in [2.05, 4.69) is 10.1 Å². The van der Waals surface area contributed by atoms with Crippen molar-refractivity contribution in [3.8, 4) is 5.75 Å². The van der Waals surface area contributed by atoms with Crippen molar-refractivity contribution in [3.05, 3.63) is 58.9 Å². The zero-order valence-electron chi connectivity index (χ0n) is 11.2. The first-order chi connectivity index (χ1) is 9.72. The van der Waals surface area contributed by atoms with E-state index in [9.17, 15) is 10.2 Å². The molecule has 0 radical (unpaired) electrons. The Balaban J connectivity index is 2.06. The third kappa shape index (κ3) is 3.33. The molecule has 2 aromatic rings. The second-order valence-corrected chi connectivity index (χ2v) is 4.28. The van der Waals surface area contributed by atoms with Gasteiger partial charge in [0.15, 0.2) is 0 Å². The summed E-state index contributed by atoms with van der Waals surface area (Å²) in [5.74, 6) is 0.00334. The number of pyridine rings is 1. The van der Waals surface area contributed by atoms with E-state index in [1.165, 1.54) is 12.4 Å². The van der Waals surface area contributed by atoms with Crippen molar-refractivity contribution in [2.75, 3.05) is 0 Å². The SMILES string of the molecule is Cc1ncc(CO)c(/C=N/OCc2ccccc2)c1O. The lowest BCUT2D eigenvalue weighted by Crippen LogP contribution is -1.98. The molecule has 1 aromatic heterocycles. The Labute approximate surface area is 117 Å². The predicted octanol–water partition coefficient (Wildman–Crippen LogP) is 2.14. The molecule has 5 heteroatoms. The first-order valence-electron chi connectivity index (χ1n) is 6.20. The van der Waals surface area contributed by atoms with E-state index < -0.39 is 0 Å². The second-order valence-electron chi connectivity index (χ2n) is 4.28. The highest BCUT2D eigenvalue weighted by Gasteiger charge is 2.09. The van der Waals surface area contributed by atoms with Gasteiger partial charge in [-0.05, 0) is 12.5 Å². The van der Waals surface area contributed by atoms with Crippen LogP contribution in [0.3, 0.4) is 0 Å². The normalized spacial score (nSPS) is 10.9. The molecule has 0 fully saturated rings. The number of rotatable bonds is 5. The maximum atomic E-state index is 9.91. The molecule has 0 spiro atoms. The Morgan fingerprint density at radius 2 is 2.05 bits per heavy atom. The summed E-state index contributed by atoms with van der Waals surface area (Å²) in [6.45, 7) is 1.80. The minimum atomic E-state index is -0.221. The van der Waals surface area contributed by atoms with Crippen molar-refractivity contribution in [2.24, 2.45) is 5.16 Å². The minimum absolute atomic E-state index is 0.00334. The van der Waals surface area contributed by atoms with Crippen LogP contribution in [0, 0.1) is 6.92 Å². The van der Waals surface area contributed by atoms with Crippen molar-refractivity contribution in [1.82, 2.24) is 4.98 Å². The van der Waals surface area contributed by atoms with E-state index in [4.69, 9.17) is 4.84 Å². The standard InChI is InChI=1S/C15H16N2O3/c1-11-15(19)14(13(9-18)7-16-11)8-17-20-10-12-5-3-2-4-6-12/h2-8,18-19H,9-10H2,1H3/b17-8+. The average Bonchev–Trinajstić information content (AvgIpc) is 2.49. The first-order valence-corrected chi connectivity index (χ1v) is 6.20. The number of hydrogen-bond acceptors (Lipinski definition) is 5. The van der Waals surface area contributed by atoms with E-state index >= 15 is 0 Å². The molecule has 0 aliphatic heterocycles. The van der Waals surface area contributed by atoms with Gasteiger partial charge in [-0.25, -0.2) is 0 Å². The smallest absolute Gasteiger partial charge is 0.146 e. The molecule has 0 aliphatic rings. The summed E-state index contributed by atoms with van der Waals surface area (Å²) in [6.07, 6.45) is 2.89. The lowest BCUT2D eigenvalue weighted by Gasteiger charge is -2.06. The number of aromatic hydroxyl groups is 1. The summed E-state index contributed by atoms with van der Waals surface area (Å²) in [5, 5.41) is 22.9. The van der Waals surface area contributed by atoms with Gasteiger partial charge in [-0.15, -0.1) is 0 Å². The molecule has 0 bridgehead atoms. The fraction of sp³-hybridized carbons (Fsp3) is 0.200. The average molecular weight is 272 g/mol. The van der Waals surface area contributed by atoms with E-state index in [1.807, 2.05) is 30.3 Å². The third-order valence-electron chi connectivity index (χ3n) is 2.86. The van der Waals surface area contributed by atoms with Crippen LogP contribution < -0.4 is 0 Å². The Hall–Kier alpha value is -2.40.